The van der Waals surface area contributed by atoms with Crippen molar-refractivity contribution in [2.75, 3.05) is 0 Å². The van der Waals surface area contributed by atoms with Crippen molar-refractivity contribution in [2.45, 2.75) is 26.3 Å². The second-order valence-corrected chi connectivity index (χ2v) is 4.05. The van der Waals surface area contributed by atoms with Gasteiger partial charge < -0.3 is 4.42 Å². The third-order valence-electron chi connectivity index (χ3n) is 2.81. The molecule has 3 N–H and O–H groups in total. The fourth-order valence-corrected chi connectivity index (χ4v) is 2.00. The van der Waals surface area contributed by atoms with Gasteiger partial charge in [0.1, 0.15) is 5.76 Å². The van der Waals surface area contributed by atoms with Crippen LogP contribution in [-0.4, -0.2) is 4.98 Å². The molecule has 0 saturated carbocycles. The van der Waals surface area contributed by atoms with E-state index in [-0.39, 0.29) is 6.04 Å². The number of aryl methyl sites for hydroxylation is 2. The molecular weight excluding hydrogens is 214 g/mol. The fraction of sp³-hybridized carbons (Fsp3) is 0.308. The van der Waals surface area contributed by atoms with Crippen LogP contribution in [0, 0.1) is 6.92 Å². The lowest BCUT2D eigenvalue weighted by Crippen LogP contribution is -2.29. The Morgan fingerprint density at radius 1 is 1.47 bits per heavy atom. The maximum atomic E-state index is 5.65. The molecule has 2 rings (SSSR count). The lowest BCUT2D eigenvalue weighted by molar-refractivity contribution is 0.502. The monoisotopic (exact) mass is 231 g/mol. The van der Waals surface area contributed by atoms with Crippen molar-refractivity contribution in [1.29, 1.82) is 0 Å². The van der Waals surface area contributed by atoms with E-state index >= 15 is 0 Å². The summed E-state index contributed by atoms with van der Waals surface area (Å²) in [5.74, 6) is 6.60. The van der Waals surface area contributed by atoms with E-state index in [2.05, 4.69) is 23.4 Å². The summed E-state index contributed by atoms with van der Waals surface area (Å²) >= 11 is 0. The fourth-order valence-electron chi connectivity index (χ4n) is 2.00. The quantitative estimate of drug-likeness (QED) is 0.624. The van der Waals surface area contributed by atoms with E-state index in [4.69, 9.17) is 10.3 Å². The molecule has 0 fully saturated rings. The van der Waals surface area contributed by atoms with E-state index < -0.39 is 0 Å². The number of hydrogen-bond acceptors (Lipinski definition) is 4. The largest absolute Gasteiger partial charge is 0.469 e. The molecule has 2 aromatic rings. The molecule has 1 unspecified atom stereocenters. The first-order valence-corrected chi connectivity index (χ1v) is 5.70. The predicted molar refractivity (Wildman–Crippen MR) is 66.2 cm³/mol. The zero-order chi connectivity index (χ0) is 12.3. The van der Waals surface area contributed by atoms with Gasteiger partial charge in [0.05, 0.1) is 12.3 Å². The third-order valence-corrected chi connectivity index (χ3v) is 2.81. The average Bonchev–Trinajstić information content (AvgIpc) is 2.78. The van der Waals surface area contributed by atoms with Crippen molar-refractivity contribution >= 4 is 0 Å². The first-order valence-electron chi connectivity index (χ1n) is 5.70. The molecule has 0 bridgehead atoms. The summed E-state index contributed by atoms with van der Waals surface area (Å²) < 4.78 is 5.43. The van der Waals surface area contributed by atoms with Gasteiger partial charge in [0.15, 0.2) is 0 Å². The third kappa shape index (κ3) is 2.38. The molecular formula is C13H17N3O. The van der Waals surface area contributed by atoms with Crippen LogP contribution in [0.15, 0.2) is 35.2 Å². The number of furan rings is 1. The van der Waals surface area contributed by atoms with Crippen LogP contribution < -0.4 is 11.3 Å². The van der Waals surface area contributed by atoms with Gasteiger partial charge in [-0.1, -0.05) is 13.0 Å². The predicted octanol–water partition coefficient (Wildman–Crippen LogP) is 2.10. The van der Waals surface area contributed by atoms with Gasteiger partial charge in [-0.25, -0.2) is 5.43 Å². The van der Waals surface area contributed by atoms with Crippen molar-refractivity contribution in [3.8, 4) is 0 Å². The molecule has 1 atom stereocenters. The number of pyridine rings is 1. The van der Waals surface area contributed by atoms with Crippen LogP contribution in [0.4, 0.5) is 0 Å². The Kier molecular flexibility index (Phi) is 3.56. The standard InChI is InChI=1S/C13H17N3O/c1-3-12-11(4-5-17-12)13(16-14)10-6-9(2)7-15-8-10/h4-8,13,16H,3,14H2,1-2H3. The number of hydrazine groups is 1. The molecule has 0 amide bonds. The molecule has 2 heterocycles. The van der Waals surface area contributed by atoms with Gasteiger partial charge in [0, 0.05) is 24.4 Å². The highest BCUT2D eigenvalue weighted by Crippen LogP contribution is 2.25. The molecule has 0 aliphatic rings. The minimum atomic E-state index is -0.0731. The number of nitrogens with two attached hydrogens (primary N) is 1. The summed E-state index contributed by atoms with van der Waals surface area (Å²) in [6, 6.07) is 3.95. The van der Waals surface area contributed by atoms with Gasteiger partial charge in [-0.3, -0.25) is 10.8 Å². The van der Waals surface area contributed by atoms with Crippen molar-refractivity contribution < 1.29 is 4.42 Å². The topological polar surface area (TPSA) is 64.1 Å². The molecule has 4 heteroatoms. The van der Waals surface area contributed by atoms with Crippen LogP contribution >= 0.6 is 0 Å². The number of hydrogen-bond donors (Lipinski definition) is 2. The van der Waals surface area contributed by atoms with Gasteiger partial charge in [-0.2, -0.15) is 0 Å². The van der Waals surface area contributed by atoms with Crippen LogP contribution in [0.25, 0.3) is 0 Å². The van der Waals surface area contributed by atoms with E-state index in [9.17, 15) is 0 Å². The van der Waals surface area contributed by atoms with Crippen molar-refractivity contribution in [2.24, 2.45) is 5.84 Å². The van der Waals surface area contributed by atoms with Gasteiger partial charge >= 0.3 is 0 Å². The van der Waals surface area contributed by atoms with Gasteiger partial charge in [-0.05, 0) is 24.1 Å². The summed E-state index contributed by atoms with van der Waals surface area (Å²) in [4.78, 5) is 4.19. The second kappa shape index (κ2) is 5.12. The molecule has 17 heavy (non-hydrogen) atoms. The zero-order valence-corrected chi connectivity index (χ0v) is 10.1. The maximum Gasteiger partial charge on any atom is 0.108 e. The van der Waals surface area contributed by atoms with Crippen LogP contribution in [-0.2, 0) is 6.42 Å². The van der Waals surface area contributed by atoms with E-state index in [0.29, 0.717) is 0 Å². The van der Waals surface area contributed by atoms with Crippen molar-refractivity contribution in [3.05, 3.63) is 53.2 Å². The van der Waals surface area contributed by atoms with Crippen LogP contribution in [0.5, 0.6) is 0 Å². The highest BCUT2D eigenvalue weighted by molar-refractivity contribution is 5.33. The van der Waals surface area contributed by atoms with Crippen molar-refractivity contribution in [3.63, 3.8) is 0 Å². The first-order chi connectivity index (χ1) is 8.26. The molecule has 0 spiro atoms. The Bertz CT molecular complexity index is 493. The van der Waals surface area contributed by atoms with E-state index in [1.165, 1.54) is 0 Å². The minimum Gasteiger partial charge on any atom is -0.469 e. The van der Waals surface area contributed by atoms with Crippen molar-refractivity contribution in [1.82, 2.24) is 10.4 Å². The highest BCUT2D eigenvalue weighted by atomic mass is 16.3. The highest BCUT2D eigenvalue weighted by Gasteiger charge is 2.18. The van der Waals surface area contributed by atoms with Gasteiger partial charge in [-0.15, -0.1) is 0 Å². The second-order valence-electron chi connectivity index (χ2n) is 4.05. The first kappa shape index (κ1) is 11.8. The summed E-state index contributed by atoms with van der Waals surface area (Å²) in [5.41, 5.74) is 6.05. The molecule has 0 saturated heterocycles. The minimum absolute atomic E-state index is 0.0731. The summed E-state index contributed by atoms with van der Waals surface area (Å²) in [7, 11) is 0. The lowest BCUT2D eigenvalue weighted by atomic mass is 9.99. The Morgan fingerprint density at radius 3 is 2.94 bits per heavy atom. The maximum absolute atomic E-state index is 5.65. The normalized spacial score (nSPS) is 12.6. The number of nitrogens with zero attached hydrogens (tertiary/aromatic N) is 1. The smallest absolute Gasteiger partial charge is 0.108 e. The Hall–Kier alpha value is -1.65. The van der Waals surface area contributed by atoms with Gasteiger partial charge in [0.2, 0.25) is 0 Å². The van der Waals surface area contributed by atoms with E-state index in [0.717, 1.165) is 28.9 Å². The molecule has 0 aromatic carbocycles. The molecule has 0 aliphatic carbocycles. The molecule has 90 valence electrons. The molecule has 0 aliphatic heterocycles. The average molecular weight is 231 g/mol. The Labute approximate surface area is 101 Å². The SMILES string of the molecule is CCc1occc1C(NN)c1cncc(C)c1. The zero-order valence-electron chi connectivity index (χ0n) is 10.1. The molecule has 2 aromatic heterocycles. The number of rotatable bonds is 4. The summed E-state index contributed by atoms with van der Waals surface area (Å²) in [5, 5.41) is 0. The van der Waals surface area contributed by atoms with Crippen LogP contribution in [0.2, 0.25) is 0 Å². The summed E-state index contributed by atoms with van der Waals surface area (Å²) in [6.45, 7) is 4.07. The van der Waals surface area contributed by atoms with Crippen LogP contribution in [0.1, 0.15) is 35.4 Å². The van der Waals surface area contributed by atoms with E-state index in [1.807, 2.05) is 25.4 Å². The summed E-state index contributed by atoms with van der Waals surface area (Å²) in [6.07, 6.45) is 6.19. The molecule has 0 radical (unpaired) electrons. The Morgan fingerprint density at radius 2 is 2.29 bits per heavy atom. The van der Waals surface area contributed by atoms with Gasteiger partial charge in [0.25, 0.3) is 0 Å². The number of nitrogens with one attached hydrogen (secondary N) is 1. The van der Waals surface area contributed by atoms with Crippen LogP contribution in [0.3, 0.4) is 0 Å². The van der Waals surface area contributed by atoms with E-state index in [1.54, 1.807) is 6.26 Å². The number of aromatic nitrogens is 1. The lowest BCUT2D eigenvalue weighted by Gasteiger charge is -2.16. The molecule has 4 nitrogen and oxygen atoms in total. The Balaban J connectivity index is 2.40.